The lowest BCUT2D eigenvalue weighted by Crippen LogP contribution is -2.59. The van der Waals surface area contributed by atoms with E-state index in [1.165, 1.54) is 0 Å². The molecule has 0 spiro atoms. The Labute approximate surface area is 227 Å². The van der Waals surface area contributed by atoms with Crippen molar-refractivity contribution in [1.82, 2.24) is 15.5 Å². The number of phenols is 1. The quantitative estimate of drug-likeness (QED) is 0.391. The first-order chi connectivity index (χ1) is 17.9. The molecule has 0 saturated heterocycles. The summed E-state index contributed by atoms with van der Waals surface area (Å²) < 4.78 is 5.48. The molecule has 8 nitrogen and oxygen atoms in total. The summed E-state index contributed by atoms with van der Waals surface area (Å²) in [6, 6.07) is 3.35. The molecule has 2 aliphatic rings. The van der Waals surface area contributed by atoms with Gasteiger partial charge in [0.2, 0.25) is 11.8 Å². The summed E-state index contributed by atoms with van der Waals surface area (Å²) in [6.45, 7) is 11.0. The van der Waals surface area contributed by atoms with Crippen LogP contribution in [0.15, 0.2) is 18.2 Å². The van der Waals surface area contributed by atoms with E-state index in [4.69, 9.17) is 4.74 Å². The number of hydrogen-bond acceptors (Lipinski definition) is 5. The van der Waals surface area contributed by atoms with Gasteiger partial charge in [-0.3, -0.25) is 9.59 Å². The number of nitrogens with zero attached hydrogens (tertiary/aromatic N) is 1. The van der Waals surface area contributed by atoms with Crippen molar-refractivity contribution in [3.63, 3.8) is 0 Å². The van der Waals surface area contributed by atoms with E-state index >= 15 is 0 Å². The monoisotopic (exact) mass is 529 g/mol. The van der Waals surface area contributed by atoms with Crippen molar-refractivity contribution in [3.05, 3.63) is 29.3 Å². The van der Waals surface area contributed by atoms with Gasteiger partial charge < -0.3 is 25.4 Å². The number of rotatable bonds is 9. The molecule has 3 N–H and O–H groups in total. The zero-order chi connectivity index (χ0) is 28.0. The van der Waals surface area contributed by atoms with Crippen LogP contribution in [-0.2, 0) is 14.3 Å². The minimum absolute atomic E-state index is 0.0219. The third kappa shape index (κ3) is 7.41. The van der Waals surface area contributed by atoms with Crippen LogP contribution >= 0.6 is 0 Å². The summed E-state index contributed by atoms with van der Waals surface area (Å²) in [4.78, 5) is 42.8. The summed E-state index contributed by atoms with van der Waals surface area (Å²) in [5, 5.41) is 17.1. The molecule has 0 aromatic heterocycles. The van der Waals surface area contributed by atoms with Gasteiger partial charge in [0.1, 0.15) is 23.4 Å². The standard InChI is InChI=1S/C30H47N3O5/c1-7-19(2)24(32-29(37)38-30(4,5)6)28(36)33(22-16-12-17-22)25(23-18-11-13-20(3)26(23)34)27(35)31-21-14-9-8-10-15-21/h11,13,18-19,21-22,24-25,34H,7-10,12,14-17H2,1-6H3,(H,31,35)(H,32,37). The molecule has 2 aliphatic carbocycles. The van der Waals surface area contributed by atoms with Crippen LogP contribution in [0.1, 0.15) is 110 Å². The fourth-order valence-electron chi connectivity index (χ4n) is 5.31. The molecule has 1 aromatic rings. The SMILES string of the molecule is CCC(C)C(NC(=O)OC(C)(C)C)C(=O)N(C1CCC1)C(C(=O)NC1CCCCC1)c1cccc(C)c1O. The molecule has 3 atom stereocenters. The fraction of sp³-hybridized carbons (Fsp3) is 0.700. The highest BCUT2D eigenvalue weighted by molar-refractivity contribution is 5.93. The molecule has 0 radical (unpaired) electrons. The topological polar surface area (TPSA) is 108 Å². The summed E-state index contributed by atoms with van der Waals surface area (Å²) >= 11 is 0. The highest BCUT2D eigenvalue weighted by atomic mass is 16.6. The minimum atomic E-state index is -0.999. The average molecular weight is 530 g/mol. The van der Waals surface area contributed by atoms with E-state index in [1.54, 1.807) is 50.8 Å². The maximum Gasteiger partial charge on any atom is 0.408 e. The number of carbonyl (C=O) groups is 3. The Morgan fingerprint density at radius 2 is 1.74 bits per heavy atom. The molecule has 3 rings (SSSR count). The Hall–Kier alpha value is -2.77. The number of para-hydroxylation sites is 1. The number of nitrogens with one attached hydrogen (secondary N) is 2. The summed E-state index contributed by atoms with van der Waals surface area (Å²) in [5.41, 5.74) is 0.347. The van der Waals surface area contributed by atoms with E-state index < -0.39 is 23.8 Å². The molecule has 8 heteroatoms. The van der Waals surface area contributed by atoms with Gasteiger partial charge in [-0.2, -0.15) is 0 Å². The Morgan fingerprint density at radius 3 is 2.29 bits per heavy atom. The first kappa shape index (κ1) is 29.8. The highest BCUT2D eigenvalue weighted by Crippen LogP contribution is 2.38. The summed E-state index contributed by atoms with van der Waals surface area (Å²) in [7, 11) is 0. The normalized spacial score (nSPS) is 19.0. The molecular formula is C30H47N3O5. The molecule has 38 heavy (non-hydrogen) atoms. The second-order valence-electron chi connectivity index (χ2n) is 12.1. The van der Waals surface area contributed by atoms with Crippen LogP contribution in [-0.4, -0.2) is 51.6 Å². The Bertz CT molecular complexity index is 979. The average Bonchev–Trinajstić information content (AvgIpc) is 2.82. The van der Waals surface area contributed by atoms with Gasteiger partial charge in [0.05, 0.1) is 0 Å². The molecule has 0 bridgehead atoms. The van der Waals surface area contributed by atoms with Gasteiger partial charge in [0.15, 0.2) is 0 Å². The molecule has 1 aromatic carbocycles. The van der Waals surface area contributed by atoms with E-state index in [1.807, 2.05) is 13.8 Å². The van der Waals surface area contributed by atoms with Crippen LogP contribution in [0.4, 0.5) is 4.79 Å². The van der Waals surface area contributed by atoms with Crippen molar-refractivity contribution >= 4 is 17.9 Å². The van der Waals surface area contributed by atoms with E-state index in [9.17, 15) is 19.5 Å². The number of aryl methyl sites for hydroxylation is 1. The van der Waals surface area contributed by atoms with Gasteiger partial charge in [-0.15, -0.1) is 0 Å². The van der Waals surface area contributed by atoms with Crippen molar-refractivity contribution in [3.8, 4) is 5.75 Å². The predicted molar refractivity (Wildman–Crippen MR) is 148 cm³/mol. The Kier molecular flexibility index (Phi) is 10.1. The lowest BCUT2D eigenvalue weighted by Gasteiger charge is -2.44. The molecule has 3 amide bonds. The molecule has 3 unspecified atom stereocenters. The zero-order valence-electron chi connectivity index (χ0n) is 24.0. The maximum atomic E-state index is 14.4. The first-order valence-electron chi connectivity index (χ1n) is 14.3. The van der Waals surface area contributed by atoms with Crippen molar-refractivity contribution < 1.29 is 24.2 Å². The number of amides is 3. The molecule has 0 aliphatic heterocycles. The second-order valence-corrected chi connectivity index (χ2v) is 12.1. The molecule has 2 saturated carbocycles. The Morgan fingerprint density at radius 1 is 1.08 bits per heavy atom. The van der Waals surface area contributed by atoms with Crippen molar-refractivity contribution in [2.45, 2.75) is 129 Å². The van der Waals surface area contributed by atoms with E-state index in [2.05, 4.69) is 10.6 Å². The summed E-state index contributed by atoms with van der Waals surface area (Å²) in [5.74, 6) is -0.766. The van der Waals surface area contributed by atoms with Crippen LogP contribution in [0, 0.1) is 12.8 Å². The van der Waals surface area contributed by atoms with Crippen LogP contribution in [0.25, 0.3) is 0 Å². The fourth-order valence-corrected chi connectivity index (χ4v) is 5.31. The van der Waals surface area contributed by atoms with Gasteiger partial charge in [0, 0.05) is 17.6 Å². The number of aromatic hydroxyl groups is 1. The number of alkyl carbamates (subject to hydrolysis) is 1. The number of hydrogen-bond donors (Lipinski definition) is 3. The first-order valence-corrected chi connectivity index (χ1v) is 14.3. The third-order valence-electron chi connectivity index (χ3n) is 7.92. The second kappa shape index (κ2) is 12.9. The molecule has 0 heterocycles. The van der Waals surface area contributed by atoms with Crippen LogP contribution in [0.2, 0.25) is 0 Å². The van der Waals surface area contributed by atoms with Crippen LogP contribution < -0.4 is 10.6 Å². The van der Waals surface area contributed by atoms with E-state index in [0.717, 1.165) is 51.4 Å². The number of benzene rings is 1. The Balaban J connectivity index is 2.02. The lowest BCUT2D eigenvalue weighted by molar-refractivity contribution is -0.148. The van der Waals surface area contributed by atoms with Gasteiger partial charge in [0.25, 0.3) is 0 Å². The van der Waals surface area contributed by atoms with Gasteiger partial charge in [-0.1, -0.05) is 57.7 Å². The maximum absolute atomic E-state index is 14.4. The lowest BCUT2D eigenvalue weighted by atomic mass is 9.86. The van der Waals surface area contributed by atoms with Crippen molar-refractivity contribution in [1.29, 1.82) is 0 Å². The predicted octanol–water partition coefficient (Wildman–Crippen LogP) is 5.51. The summed E-state index contributed by atoms with van der Waals surface area (Å²) in [6.07, 6.45) is 7.59. The van der Waals surface area contributed by atoms with Gasteiger partial charge >= 0.3 is 6.09 Å². The molecular weight excluding hydrogens is 482 g/mol. The van der Waals surface area contributed by atoms with Crippen molar-refractivity contribution in [2.75, 3.05) is 0 Å². The number of ether oxygens (including phenoxy) is 1. The van der Waals surface area contributed by atoms with Gasteiger partial charge in [-0.05, 0) is 71.3 Å². The highest BCUT2D eigenvalue weighted by Gasteiger charge is 2.44. The number of phenolic OH excluding ortho intramolecular Hbond substituents is 1. The minimum Gasteiger partial charge on any atom is -0.507 e. The smallest absolute Gasteiger partial charge is 0.408 e. The van der Waals surface area contributed by atoms with Crippen LogP contribution in [0.3, 0.4) is 0 Å². The molecule has 2 fully saturated rings. The van der Waals surface area contributed by atoms with Crippen LogP contribution in [0.5, 0.6) is 5.75 Å². The zero-order valence-corrected chi connectivity index (χ0v) is 24.0. The van der Waals surface area contributed by atoms with Gasteiger partial charge in [-0.25, -0.2) is 4.79 Å². The van der Waals surface area contributed by atoms with Crippen molar-refractivity contribution in [2.24, 2.45) is 5.92 Å². The largest absolute Gasteiger partial charge is 0.507 e. The van der Waals surface area contributed by atoms with E-state index in [0.29, 0.717) is 17.5 Å². The third-order valence-corrected chi connectivity index (χ3v) is 7.92. The number of carbonyl (C=O) groups excluding carboxylic acids is 3. The van der Waals surface area contributed by atoms with E-state index in [-0.39, 0.29) is 35.6 Å². The molecule has 212 valence electrons.